The first-order valence-corrected chi connectivity index (χ1v) is 11.9. The third kappa shape index (κ3) is 5.59. The zero-order valence-corrected chi connectivity index (χ0v) is 21.4. The van der Waals surface area contributed by atoms with E-state index in [1.807, 2.05) is 0 Å². The minimum Gasteiger partial charge on any atom is -0.383 e. The molecule has 38 heavy (non-hydrogen) atoms. The highest BCUT2D eigenvalue weighted by Crippen LogP contribution is 2.36. The Morgan fingerprint density at radius 2 is 1.87 bits per heavy atom. The van der Waals surface area contributed by atoms with Crippen LogP contribution in [0.2, 0.25) is 10.0 Å². The van der Waals surface area contributed by atoms with Gasteiger partial charge in [-0.3, -0.25) is 9.59 Å². The molecule has 0 aliphatic carbocycles. The van der Waals surface area contributed by atoms with Gasteiger partial charge in [-0.2, -0.15) is 18.3 Å². The van der Waals surface area contributed by atoms with Gasteiger partial charge in [-0.15, -0.1) is 0 Å². The Morgan fingerprint density at radius 3 is 2.55 bits per heavy atom. The zero-order chi connectivity index (χ0) is 27.6. The molecule has 0 spiro atoms. The van der Waals surface area contributed by atoms with Gasteiger partial charge in [0.25, 0.3) is 11.8 Å². The van der Waals surface area contributed by atoms with Crippen LogP contribution in [0.25, 0.3) is 16.6 Å². The Labute approximate surface area is 226 Å². The number of halogens is 5. The molecule has 1 unspecified atom stereocenters. The fraction of sp³-hybridized carbons (Fsp3) is 0.200. The summed E-state index contributed by atoms with van der Waals surface area (Å²) in [4.78, 5) is 30.6. The molecule has 2 aromatic carbocycles. The summed E-state index contributed by atoms with van der Waals surface area (Å²) in [7, 11) is 1.48. The molecule has 4 aromatic rings. The highest BCUT2D eigenvalue weighted by molar-refractivity contribution is 6.40. The van der Waals surface area contributed by atoms with Crippen LogP contribution in [0.5, 0.6) is 0 Å². The number of benzene rings is 2. The Bertz CT molecular complexity index is 1530. The first-order valence-electron chi connectivity index (χ1n) is 11.1. The van der Waals surface area contributed by atoms with Gasteiger partial charge < -0.3 is 15.4 Å². The van der Waals surface area contributed by atoms with Crippen molar-refractivity contribution in [3.63, 3.8) is 0 Å². The first-order chi connectivity index (χ1) is 18.0. The highest BCUT2D eigenvalue weighted by Gasteiger charge is 2.37. The van der Waals surface area contributed by atoms with E-state index in [4.69, 9.17) is 27.9 Å². The van der Waals surface area contributed by atoms with Gasteiger partial charge in [-0.05, 0) is 30.5 Å². The van der Waals surface area contributed by atoms with Crippen molar-refractivity contribution in [1.29, 1.82) is 0 Å². The van der Waals surface area contributed by atoms with E-state index in [9.17, 15) is 22.8 Å². The summed E-state index contributed by atoms with van der Waals surface area (Å²) in [6.45, 7) is 1.94. The number of amides is 2. The molecule has 2 heterocycles. The lowest BCUT2D eigenvalue weighted by molar-refractivity contribution is -0.141. The zero-order valence-electron chi connectivity index (χ0n) is 19.9. The molecule has 0 fully saturated rings. The van der Waals surface area contributed by atoms with Crippen LogP contribution in [0.15, 0.2) is 54.7 Å². The predicted molar refractivity (Wildman–Crippen MR) is 139 cm³/mol. The third-order valence-corrected chi connectivity index (χ3v) is 6.12. The van der Waals surface area contributed by atoms with E-state index in [0.29, 0.717) is 21.5 Å². The molecular weight excluding hydrogens is 546 g/mol. The van der Waals surface area contributed by atoms with Crippen LogP contribution in [0.4, 0.5) is 18.9 Å². The normalized spacial score (nSPS) is 12.4. The van der Waals surface area contributed by atoms with Crippen LogP contribution in [-0.2, 0) is 10.9 Å². The SMILES string of the molecule is COCC(C)NC(=O)c1cc2ccccc2c(Cl)c1NC(=O)c1cc(C(F)(F)F)nn1-c1ncccc1Cl.[HH]. The Morgan fingerprint density at radius 1 is 1.13 bits per heavy atom. The second-order valence-corrected chi connectivity index (χ2v) is 9.04. The lowest BCUT2D eigenvalue weighted by atomic mass is 10.0. The van der Waals surface area contributed by atoms with Crippen LogP contribution in [0, 0.1) is 0 Å². The van der Waals surface area contributed by atoms with E-state index in [1.165, 1.54) is 31.5 Å². The molecule has 2 amide bonds. The number of fused-ring (bicyclic) bond motifs is 1. The van der Waals surface area contributed by atoms with Crippen molar-refractivity contribution in [3.05, 3.63) is 81.7 Å². The molecule has 0 bridgehead atoms. The van der Waals surface area contributed by atoms with Gasteiger partial charge in [0.1, 0.15) is 5.69 Å². The molecule has 0 aliphatic rings. The molecule has 0 saturated heterocycles. The lowest BCUT2D eigenvalue weighted by Crippen LogP contribution is -2.36. The topological polar surface area (TPSA) is 98.1 Å². The van der Waals surface area contributed by atoms with Crippen molar-refractivity contribution >= 4 is 51.5 Å². The van der Waals surface area contributed by atoms with Gasteiger partial charge >= 0.3 is 6.18 Å². The summed E-state index contributed by atoms with van der Waals surface area (Å²) < 4.78 is 46.3. The molecule has 2 aromatic heterocycles. The number of hydrogen-bond donors (Lipinski definition) is 2. The number of methoxy groups -OCH3 is 1. The van der Waals surface area contributed by atoms with E-state index in [-0.39, 0.29) is 41.2 Å². The van der Waals surface area contributed by atoms with Gasteiger partial charge in [-0.25, -0.2) is 9.67 Å². The van der Waals surface area contributed by atoms with Crippen LogP contribution >= 0.6 is 23.2 Å². The summed E-state index contributed by atoms with van der Waals surface area (Å²) in [5, 5.41) is 9.90. The number of aromatic nitrogens is 3. The molecule has 0 radical (unpaired) electrons. The number of hydrogen-bond acceptors (Lipinski definition) is 5. The van der Waals surface area contributed by atoms with Gasteiger partial charge in [0.15, 0.2) is 11.5 Å². The van der Waals surface area contributed by atoms with E-state index >= 15 is 0 Å². The number of carbonyl (C=O) groups excluding carboxylic acids is 2. The molecule has 200 valence electrons. The average molecular weight is 568 g/mol. The van der Waals surface area contributed by atoms with Crippen LogP contribution in [0.1, 0.15) is 34.9 Å². The number of ether oxygens (including phenoxy) is 1. The molecule has 0 saturated carbocycles. The summed E-state index contributed by atoms with van der Waals surface area (Å²) in [5.74, 6) is -1.79. The second-order valence-electron chi connectivity index (χ2n) is 8.25. The fourth-order valence-corrected chi connectivity index (χ4v) is 4.27. The maximum absolute atomic E-state index is 13.5. The lowest BCUT2D eigenvalue weighted by Gasteiger charge is -2.18. The minimum absolute atomic E-state index is 0. The molecule has 1 atom stereocenters. The van der Waals surface area contributed by atoms with E-state index in [0.717, 1.165) is 0 Å². The van der Waals surface area contributed by atoms with Gasteiger partial charge in [0, 0.05) is 32.2 Å². The van der Waals surface area contributed by atoms with E-state index in [2.05, 4.69) is 20.7 Å². The first kappa shape index (κ1) is 27.4. The standard InChI is InChI=1S/C25H20Cl2F3N5O3.H2/c1-13(12-38-2)32-23(36)16-10-14-6-3-4-7-15(14)20(27)21(16)33-24(37)18-11-19(25(28,29)30)34-35(18)22-17(26)8-5-9-31-22;/h3-11,13H,12H2,1-2H3,(H,32,36)(H,33,37);1H. The maximum Gasteiger partial charge on any atom is 0.435 e. The summed E-state index contributed by atoms with van der Waals surface area (Å²) >= 11 is 12.8. The van der Waals surface area contributed by atoms with E-state index < -0.39 is 29.4 Å². The maximum atomic E-state index is 13.5. The largest absolute Gasteiger partial charge is 0.435 e. The molecule has 4 rings (SSSR count). The van der Waals surface area contributed by atoms with Crippen molar-refractivity contribution < 1.29 is 28.9 Å². The fourth-order valence-electron chi connectivity index (χ4n) is 3.75. The number of alkyl halides is 3. The molecule has 13 heteroatoms. The second kappa shape index (κ2) is 11.0. The quantitative estimate of drug-likeness (QED) is 0.285. The number of nitrogens with zero attached hydrogens (tertiary/aromatic N) is 3. The Hall–Kier alpha value is -3.67. The number of anilines is 1. The average Bonchev–Trinajstić information content (AvgIpc) is 3.32. The minimum atomic E-state index is -4.86. The van der Waals surface area contributed by atoms with Gasteiger partial charge in [0.2, 0.25) is 0 Å². The van der Waals surface area contributed by atoms with Crippen molar-refractivity contribution in [2.75, 3.05) is 19.0 Å². The number of pyridine rings is 1. The van der Waals surface area contributed by atoms with Crippen LogP contribution in [0.3, 0.4) is 0 Å². The Kier molecular flexibility index (Phi) is 7.91. The van der Waals surface area contributed by atoms with Crippen molar-refractivity contribution in [1.82, 2.24) is 20.1 Å². The summed E-state index contributed by atoms with van der Waals surface area (Å²) in [6, 6.07) is 11.5. The third-order valence-electron chi connectivity index (χ3n) is 5.44. The summed E-state index contributed by atoms with van der Waals surface area (Å²) in [6.07, 6.45) is -3.56. The monoisotopic (exact) mass is 567 g/mol. The van der Waals surface area contributed by atoms with Crippen LogP contribution in [-0.4, -0.2) is 46.3 Å². The van der Waals surface area contributed by atoms with Gasteiger partial charge in [-0.1, -0.05) is 47.5 Å². The molecule has 2 N–H and O–H groups in total. The van der Waals surface area contributed by atoms with Crippen LogP contribution < -0.4 is 10.6 Å². The number of carbonyl (C=O) groups is 2. The molecular formula is C25H22Cl2F3N5O3. The molecule has 8 nitrogen and oxygen atoms in total. The van der Waals surface area contributed by atoms with Crippen molar-refractivity contribution in [2.24, 2.45) is 0 Å². The van der Waals surface area contributed by atoms with Crippen molar-refractivity contribution in [3.8, 4) is 5.82 Å². The molecule has 0 aliphatic heterocycles. The Balaban J connectivity index is 0.00000420. The highest BCUT2D eigenvalue weighted by atomic mass is 35.5. The smallest absolute Gasteiger partial charge is 0.383 e. The summed E-state index contributed by atoms with van der Waals surface area (Å²) in [5.41, 5.74) is -1.95. The predicted octanol–water partition coefficient (Wildman–Crippen LogP) is 6.01. The number of rotatable bonds is 7. The van der Waals surface area contributed by atoms with E-state index in [1.54, 1.807) is 31.2 Å². The van der Waals surface area contributed by atoms with Gasteiger partial charge in [0.05, 0.1) is 27.9 Å². The van der Waals surface area contributed by atoms with Crippen molar-refractivity contribution in [2.45, 2.75) is 19.1 Å². The number of nitrogens with one attached hydrogen (secondary N) is 2.